The van der Waals surface area contributed by atoms with Crippen LogP contribution in [0.5, 0.6) is 0 Å². The summed E-state index contributed by atoms with van der Waals surface area (Å²) in [6, 6.07) is 5.62. The number of pyridine rings is 1. The molecule has 3 aliphatic rings. The van der Waals surface area contributed by atoms with E-state index in [-0.39, 0.29) is 28.7 Å². The zero-order valence-electron chi connectivity index (χ0n) is 18.1. The molecule has 2 aliphatic heterocycles. The Hall–Kier alpha value is -3.43. The summed E-state index contributed by atoms with van der Waals surface area (Å²) < 4.78 is 17.2. The number of carboxylic acid groups (broad SMARTS) is 1. The van der Waals surface area contributed by atoms with Gasteiger partial charge in [0.1, 0.15) is 23.0 Å². The lowest BCUT2D eigenvalue weighted by atomic mass is 9.92. The van der Waals surface area contributed by atoms with E-state index in [0.717, 1.165) is 38.3 Å². The third-order valence-corrected chi connectivity index (χ3v) is 7.25. The van der Waals surface area contributed by atoms with E-state index in [1.54, 1.807) is 4.57 Å². The molecule has 3 heterocycles. The van der Waals surface area contributed by atoms with Crippen molar-refractivity contribution >= 4 is 22.6 Å². The predicted octanol–water partition coefficient (Wildman–Crippen LogP) is 2.86. The number of aromatic carboxylic acids is 1. The van der Waals surface area contributed by atoms with E-state index in [0.29, 0.717) is 37.5 Å². The number of rotatable bonds is 5. The highest BCUT2D eigenvalue weighted by Crippen LogP contribution is 2.42. The van der Waals surface area contributed by atoms with Crippen LogP contribution in [0.4, 0.5) is 10.1 Å². The molecule has 1 saturated carbocycles. The van der Waals surface area contributed by atoms with E-state index >= 15 is 4.39 Å². The van der Waals surface area contributed by atoms with Gasteiger partial charge in [0, 0.05) is 44.3 Å². The molecule has 2 atom stereocenters. The van der Waals surface area contributed by atoms with E-state index in [2.05, 4.69) is 17.0 Å². The van der Waals surface area contributed by atoms with Crippen LogP contribution in [0.1, 0.15) is 54.1 Å². The highest BCUT2D eigenvalue weighted by molar-refractivity contribution is 5.96. The molecule has 1 aromatic heterocycles. The minimum atomic E-state index is -1.36. The van der Waals surface area contributed by atoms with Gasteiger partial charge in [-0.05, 0) is 44.2 Å². The van der Waals surface area contributed by atoms with Crippen molar-refractivity contribution in [3.8, 4) is 12.1 Å². The number of hydrogen-bond acceptors (Lipinski definition) is 6. The number of carboxylic acids is 1. The average Bonchev–Trinajstić information content (AvgIpc) is 3.55. The third-order valence-electron chi connectivity index (χ3n) is 7.25. The molecule has 2 aromatic rings. The summed E-state index contributed by atoms with van der Waals surface area (Å²) in [7, 11) is 0. The van der Waals surface area contributed by atoms with Gasteiger partial charge in [-0.3, -0.25) is 9.69 Å². The molecule has 1 N–H and O–H groups in total. The molecule has 3 fully saturated rings. The van der Waals surface area contributed by atoms with E-state index in [9.17, 15) is 20.0 Å². The number of likely N-dealkylation sites (tertiary alicyclic amines) is 1. The van der Waals surface area contributed by atoms with Crippen LogP contribution in [-0.2, 0) is 0 Å². The first-order valence-corrected chi connectivity index (χ1v) is 11.3. The Labute approximate surface area is 190 Å². The van der Waals surface area contributed by atoms with Gasteiger partial charge < -0.3 is 14.6 Å². The third kappa shape index (κ3) is 3.53. The lowest BCUT2D eigenvalue weighted by Crippen LogP contribution is -2.45. The molecule has 9 heteroatoms. The Bertz CT molecular complexity index is 1290. The van der Waals surface area contributed by atoms with Crippen LogP contribution in [0.25, 0.3) is 10.9 Å². The number of benzene rings is 1. The number of hydrogen-bond donors (Lipinski definition) is 1. The van der Waals surface area contributed by atoms with Crippen molar-refractivity contribution in [1.82, 2.24) is 9.47 Å². The fourth-order valence-corrected chi connectivity index (χ4v) is 5.61. The number of fused-ring (bicyclic) bond motifs is 2. The monoisotopic (exact) mass is 449 g/mol. The molecule has 1 aromatic carbocycles. The fraction of sp³-hybridized carbons (Fsp3) is 0.500. The van der Waals surface area contributed by atoms with Gasteiger partial charge in [-0.15, -0.1) is 0 Å². The number of carbonyl (C=O) groups is 1. The number of piperidine rings is 1. The van der Waals surface area contributed by atoms with Gasteiger partial charge in [0.2, 0.25) is 5.43 Å². The van der Waals surface area contributed by atoms with Gasteiger partial charge in [0.15, 0.2) is 0 Å². The smallest absolute Gasteiger partial charge is 0.341 e. The maximum absolute atomic E-state index is 15.5. The zero-order valence-corrected chi connectivity index (χ0v) is 18.1. The predicted molar refractivity (Wildman–Crippen MR) is 119 cm³/mol. The normalized spacial score (nSPS) is 22.7. The second-order valence-electron chi connectivity index (χ2n) is 9.22. The summed E-state index contributed by atoms with van der Waals surface area (Å²) in [6.07, 6.45) is 5.41. The maximum atomic E-state index is 15.5. The molecule has 33 heavy (non-hydrogen) atoms. The summed E-state index contributed by atoms with van der Waals surface area (Å²) in [5, 5.41) is 28.5. The van der Waals surface area contributed by atoms with Crippen molar-refractivity contribution in [2.45, 2.75) is 44.2 Å². The molecule has 0 bridgehead atoms. The molecule has 1 aliphatic carbocycles. The molecule has 2 saturated heterocycles. The average molecular weight is 449 g/mol. The number of anilines is 1. The topological polar surface area (TPSA) is 113 Å². The molecule has 0 spiro atoms. The van der Waals surface area contributed by atoms with Gasteiger partial charge in [-0.1, -0.05) is 0 Å². The van der Waals surface area contributed by atoms with Crippen LogP contribution < -0.4 is 10.3 Å². The Balaban J connectivity index is 1.64. The second-order valence-corrected chi connectivity index (χ2v) is 9.22. The Morgan fingerprint density at radius 1 is 1.24 bits per heavy atom. The highest BCUT2D eigenvalue weighted by atomic mass is 19.1. The lowest BCUT2D eigenvalue weighted by Gasteiger charge is -2.36. The summed E-state index contributed by atoms with van der Waals surface area (Å²) in [4.78, 5) is 28.7. The van der Waals surface area contributed by atoms with E-state index in [4.69, 9.17) is 5.26 Å². The van der Waals surface area contributed by atoms with Gasteiger partial charge in [-0.2, -0.15) is 10.5 Å². The molecule has 0 amide bonds. The van der Waals surface area contributed by atoms with Crippen LogP contribution in [0, 0.1) is 34.4 Å². The Morgan fingerprint density at radius 2 is 2.03 bits per heavy atom. The largest absolute Gasteiger partial charge is 0.477 e. The Kier molecular flexibility index (Phi) is 5.30. The zero-order chi connectivity index (χ0) is 23.3. The molecule has 0 unspecified atom stereocenters. The molecule has 5 rings (SSSR count). The van der Waals surface area contributed by atoms with Crippen LogP contribution >= 0.6 is 0 Å². The van der Waals surface area contributed by atoms with Crippen LogP contribution in [0.3, 0.4) is 0 Å². The van der Waals surface area contributed by atoms with E-state index in [1.807, 2.05) is 4.90 Å². The van der Waals surface area contributed by atoms with Crippen molar-refractivity contribution in [3.05, 3.63) is 39.4 Å². The van der Waals surface area contributed by atoms with Crippen molar-refractivity contribution in [2.24, 2.45) is 5.92 Å². The molecule has 8 nitrogen and oxygen atoms in total. The van der Waals surface area contributed by atoms with Crippen molar-refractivity contribution < 1.29 is 14.3 Å². The number of halogens is 1. The quantitative estimate of drug-likeness (QED) is 0.747. The minimum Gasteiger partial charge on any atom is -0.477 e. The first kappa shape index (κ1) is 21.4. The van der Waals surface area contributed by atoms with E-state index in [1.165, 1.54) is 6.20 Å². The van der Waals surface area contributed by atoms with Gasteiger partial charge in [-0.25, -0.2) is 9.18 Å². The highest BCUT2D eigenvalue weighted by Gasteiger charge is 2.41. The number of nitriles is 2. The van der Waals surface area contributed by atoms with Crippen molar-refractivity contribution in [3.63, 3.8) is 0 Å². The second kappa shape index (κ2) is 8.17. The van der Waals surface area contributed by atoms with Gasteiger partial charge in [0.05, 0.1) is 22.7 Å². The summed E-state index contributed by atoms with van der Waals surface area (Å²) in [5.41, 5.74) is -0.577. The van der Waals surface area contributed by atoms with Crippen molar-refractivity contribution in [2.75, 3.05) is 31.1 Å². The SMILES string of the molecule is N#CCCN1CCC[C@H]2CN(c3c(F)cc4c(=O)c(C(=O)O)cn(C5CC5)c4c3C#N)C[C@H]21. The maximum Gasteiger partial charge on any atom is 0.341 e. The van der Waals surface area contributed by atoms with Crippen LogP contribution in [0.2, 0.25) is 0 Å². The molecular weight excluding hydrogens is 425 g/mol. The number of nitrogens with zero attached hydrogens (tertiary/aromatic N) is 5. The molecular formula is C24H24FN5O3. The molecule has 170 valence electrons. The number of aromatic nitrogens is 1. The first-order valence-electron chi connectivity index (χ1n) is 11.3. The minimum absolute atomic E-state index is 0.000701. The molecule has 0 radical (unpaired) electrons. The summed E-state index contributed by atoms with van der Waals surface area (Å²) in [6.45, 7) is 2.73. The van der Waals surface area contributed by atoms with Crippen LogP contribution in [-0.4, -0.2) is 52.8 Å². The fourth-order valence-electron chi connectivity index (χ4n) is 5.61. The summed E-state index contributed by atoms with van der Waals surface area (Å²) >= 11 is 0. The Morgan fingerprint density at radius 3 is 2.70 bits per heavy atom. The van der Waals surface area contributed by atoms with Gasteiger partial charge >= 0.3 is 5.97 Å². The first-order chi connectivity index (χ1) is 15.9. The van der Waals surface area contributed by atoms with Gasteiger partial charge in [0.25, 0.3) is 0 Å². The van der Waals surface area contributed by atoms with Crippen molar-refractivity contribution in [1.29, 1.82) is 10.5 Å². The summed E-state index contributed by atoms with van der Waals surface area (Å²) in [5.74, 6) is -1.72. The van der Waals surface area contributed by atoms with E-state index < -0.39 is 22.8 Å². The standard InChI is InChI=1S/C24H24FN5O3/c25-19-9-16-21(30(15-4-5-15)12-18(23(16)31)24(32)33)17(10-27)22(19)29-11-14-3-1-7-28(8-2-6-26)20(14)13-29/h9,12,14-15,20H,1-5,7-8,11,13H2,(H,32,33)/t14-,20+/m0/s1. The lowest BCUT2D eigenvalue weighted by molar-refractivity contribution is 0.0695. The van der Waals surface area contributed by atoms with Crippen LogP contribution in [0.15, 0.2) is 17.1 Å².